The SMILES string of the molecule is Cc1cc(C(=O)N2CCCC2)oc1C. The molecule has 3 heteroatoms. The Labute approximate surface area is 83.7 Å². The van der Waals surface area contributed by atoms with Crippen LogP contribution in [0.2, 0.25) is 0 Å². The summed E-state index contributed by atoms with van der Waals surface area (Å²) in [4.78, 5) is 13.7. The number of carbonyl (C=O) groups excluding carboxylic acids is 1. The normalized spacial score (nSPS) is 16.3. The molecule has 1 fully saturated rings. The highest BCUT2D eigenvalue weighted by molar-refractivity contribution is 5.91. The molecule has 2 heterocycles. The number of nitrogens with zero attached hydrogens (tertiary/aromatic N) is 1. The van der Waals surface area contributed by atoms with Gasteiger partial charge in [-0.2, -0.15) is 0 Å². The molecule has 0 aliphatic carbocycles. The number of hydrogen-bond donors (Lipinski definition) is 0. The van der Waals surface area contributed by atoms with Crippen LogP contribution in [0.5, 0.6) is 0 Å². The largest absolute Gasteiger partial charge is 0.456 e. The smallest absolute Gasteiger partial charge is 0.289 e. The van der Waals surface area contributed by atoms with Gasteiger partial charge in [0.05, 0.1) is 0 Å². The van der Waals surface area contributed by atoms with Gasteiger partial charge >= 0.3 is 0 Å². The summed E-state index contributed by atoms with van der Waals surface area (Å²) >= 11 is 0. The van der Waals surface area contributed by atoms with E-state index in [4.69, 9.17) is 4.42 Å². The van der Waals surface area contributed by atoms with E-state index >= 15 is 0 Å². The molecule has 1 amide bonds. The Morgan fingerprint density at radius 3 is 2.50 bits per heavy atom. The number of likely N-dealkylation sites (tertiary alicyclic amines) is 1. The fourth-order valence-corrected chi connectivity index (χ4v) is 1.75. The number of carbonyl (C=O) groups is 1. The summed E-state index contributed by atoms with van der Waals surface area (Å²) in [7, 11) is 0. The second kappa shape index (κ2) is 3.48. The molecule has 0 atom stereocenters. The Morgan fingerprint density at radius 2 is 2.00 bits per heavy atom. The molecule has 0 spiro atoms. The van der Waals surface area contributed by atoms with Crippen molar-refractivity contribution in [3.63, 3.8) is 0 Å². The topological polar surface area (TPSA) is 33.5 Å². The van der Waals surface area contributed by atoms with Crippen molar-refractivity contribution in [2.24, 2.45) is 0 Å². The van der Waals surface area contributed by atoms with Crippen molar-refractivity contribution in [1.82, 2.24) is 4.90 Å². The molecule has 1 aliphatic rings. The van der Waals surface area contributed by atoms with Crippen molar-refractivity contribution in [2.45, 2.75) is 26.7 Å². The highest BCUT2D eigenvalue weighted by Gasteiger charge is 2.22. The molecule has 0 bridgehead atoms. The number of rotatable bonds is 1. The van der Waals surface area contributed by atoms with E-state index in [0.717, 1.165) is 37.3 Å². The first-order valence-corrected chi connectivity index (χ1v) is 5.05. The van der Waals surface area contributed by atoms with Gasteiger partial charge in [0.15, 0.2) is 5.76 Å². The van der Waals surface area contributed by atoms with E-state index in [1.54, 1.807) is 0 Å². The van der Waals surface area contributed by atoms with Crippen LogP contribution in [0.1, 0.15) is 34.7 Å². The molecule has 76 valence electrons. The zero-order valence-electron chi connectivity index (χ0n) is 8.67. The van der Waals surface area contributed by atoms with Crippen LogP contribution in [0.4, 0.5) is 0 Å². The fraction of sp³-hybridized carbons (Fsp3) is 0.545. The maximum Gasteiger partial charge on any atom is 0.289 e. The van der Waals surface area contributed by atoms with Gasteiger partial charge in [0.1, 0.15) is 5.76 Å². The maximum atomic E-state index is 11.8. The van der Waals surface area contributed by atoms with Crippen LogP contribution in [-0.4, -0.2) is 23.9 Å². The Hall–Kier alpha value is -1.25. The number of amides is 1. The molecule has 1 aliphatic heterocycles. The fourth-order valence-electron chi connectivity index (χ4n) is 1.75. The predicted octanol–water partition coefficient (Wildman–Crippen LogP) is 2.13. The first kappa shape index (κ1) is 9.31. The van der Waals surface area contributed by atoms with Crippen LogP contribution in [0, 0.1) is 13.8 Å². The quantitative estimate of drug-likeness (QED) is 0.684. The first-order chi connectivity index (χ1) is 6.68. The van der Waals surface area contributed by atoms with Crippen LogP contribution in [0.15, 0.2) is 10.5 Å². The highest BCUT2D eigenvalue weighted by Crippen LogP contribution is 2.17. The van der Waals surface area contributed by atoms with Crippen LogP contribution in [0.3, 0.4) is 0 Å². The lowest BCUT2D eigenvalue weighted by molar-refractivity contribution is 0.0760. The molecule has 2 rings (SSSR count). The predicted molar refractivity (Wildman–Crippen MR) is 53.3 cm³/mol. The highest BCUT2D eigenvalue weighted by atomic mass is 16.4. The van der Waals surface area contributed by atoms with Crippen LogP contribution in [0.25, 0.3) is 0 Å². The molecule has 1 saturated heterocycles. The van der Waals surface area contributed by atoms with Crippen LogP contribution >= 0.6 is 0 Å². The average Bonchev–Trinajstić information content (AvgIpc) is 2.76. The zero-order valence-corrected chi connectivity index (χ0v) is 8.67. The molecule has 0 saturated carbocycles. The molecule has 1 aromatic rings. The minimum absolute atomic E-state index is 0.0405. The van der Waals surface area contributed by atoms with E-state index in [0.29, 0.717) is 5.76 Å². The number of hydrogen-bond acceptors (Lipinski definition) is 2. The minimum atomic E-state index is 0.0405. The molecule has 0 unspecified atom stereocenters. The van der Waals surface area contributed by atoms with Gasteiger partial charge in [0, 0.05) is 13.1 Å². The summed E-state index contributed by atoms with van der Waals surface area (Å²) in [6, 6.07) is 1.83. The van der Waals surface area contributed by atoms with E-state index in [-0.39, 0.29) is 5.91 Å². The van der Waals surface area contributed by atoms with Gasteiger partial charge in [0.2, 0.25) is 0 Å². The summed E-state index contributed by atoms with van der Waals surface area (Å²) in [6.07, 6.45) is 2.23. The van der Waals surface area contributed by atoms with Gasteiger partial charge in [-0.05, 0) is 38.3 Å². The third kappa shape index (κ3) is 1.54. The summed E-state index contributed by atoms with van der Waals surface area (Å²) < 4.78 is 5.40. The zero-order chi connectivity index (χ0) is 10.1. The van der Waals surface area contributed by atoms with Gasteiger partial charge in [-0.1, -0.05) is 0 Å². The number of furan rings is 1. The van der Waals surface area contributed by atoms with Crippen molar-refractivity contribution < 1.29 is 9.21 Å². The van der Waals surface area contributed by atoms with E-state index in [1.807, 2.05) is 24.8 Å². The Kier molecular flexibility index (Phi) is 2.32. The lowest BCUT2D eigenvalue weighted by Gasteiger charge is -2.12. The molecule has 0 radical (unpaired) electrons. The Bertz CT molecular complexity index is 329. The van der Waals surface area contributed by atoms with Crippen LogP contribution < -0.4 is 0 Å². The van der Waals surface area contributed by atoms with Crippen molar-refractivity contribution in [2.75, 3.05) is 13.1 Å². The second-order valence-corrected chi connectivity index (χ2v) is 3.85. The third-order valence-electron chi connectivity index (χ3n) is 2.77. The average molecular weight is 193 g/mol. The van der Waals surface area contributed by atoms with Crippen LogP contribution in [-0.2, 0) is 0 Å². The molecule has 14 heavy (non-hydrogen) atoms. The van der Waals surface area contributed by atoms with E-state index in [1.165, 1.54) is 0 Å². The molecule has 3 nitrogen and oxygen atoms in total. The molecular formula is C11H15NO2. The monoisotopic (exact) mass is 193 g/mol. The first-order valence-electron chi connectivity index (χ1n) is 5.05. The second-order valence-electron chi connectivity index (χ2n) is 3.85. The Balaban J connectivity index is 2.18. The van der Waals surface area contributed by atoms with Gasteiger partial charge in [-0.25, -0.2) is 0 Å². The summed E-state index contributed by atoms with van der Waals surface area (Å²) in [6.45, 7) is 5.59. The van der Waals surface area contributed by atoms with Gasteiger partial charge in [-0.3, -0.25) is 4.79 Å². The van der Waals surface area contributed by atoms with E-state index in [2.05, 4.69) is 0 Å². The van der Waals surface area contributed by atoms with Crippen molar-refractivity contribution >= 4 is 5.91 Å². The van der Waals surface area contributed by atoms with Gasteiger partial charge in [-0.15, -0.1) is 0 Å². The van der Waals surface area contributed by atoms with Gasteiger partial charge < -0.3 is 9.32 Å². The lowest BCUT2D eigenvalue weighted by Crippen LogP contribution is -2.27. The Morgan fingerprint density at radius 1 is 1.36 bits per heavy atom. The molecule has 1 aromatic heterocycles. The van der Waals surface area contributed by atoms with Crippen molar-refractivity contribution in [1.29, 1.82) is 0 Å². The molecule has 0 N–H and O–H groups in total. The lowest BCUT2D eigenvalue weighted by atomic mass is 10.3. The van der Waals surface area contributed by atoms with E-state index < -0.39 is 0 Å². The number of aryl methyl sites for hydroxylation is 2. The van der Waals surface area contributed by atoms with E-state index in [9.17, 15) is 4.79 Å². The minimum Gasteiger partial charge on any atom is -0.456 e. The third-order valence-corrected chi connectivity index (χ3v) is 2.77. The molecular weight excluding hydrogens is 178 g/mol. The summed E-state index contributed by atoms with van der Waals surface area (Å²) in [5.41, 5.74) is 1.05. The summed E-state index contributed by atoms with van der Waals surface area (Å²) in [5.74, 6) is 1.37. The summed E-state index contributed by atoms with van der Waals surface area (Å²) in [5, 5.41) is 0. The maximum absolute atomic E-state index is 11.8. The van der Waals surface area contributed by atoms with Gasteiger partial charge in [0.25, 0.3) is 5.91 Å². The van der Waals surface area contributed by atoms with Crippen molar-refractivity contribution in [3.05, 3.63) is 23.2 Å². The standard InChI is InChI=1S/C11H15NO2/c1-8-7-10(14-9(8)2)11(13)12-5-3-4-6-12/h7H,3-6H2,1-2H3. The van der Waals surface area contributed by atoms with Crippen molar-refractivity contribution in [3.8, 4) is 0 Å². The molecule has 0 aromatic carbocycles.